The number of alkyl halides is 1. The van der Waals surface area contributed by atoms with Gasteiger partial charge in [-0.15, -0.1) is 0 Å². The van der Waals surface area contributed by atoms with Crippen molar-refractivity contribution >= 4 is 28.6 Å². The first-order valence-corrected chi connectivity index (χ1v) is 6.09. The number of carbonyl (C=O) groups excluding carboxylic acids is 1. The summed E-state index contributed by atoms with van der Waals surface area (Å²) in [6, 6.07) is 0. The van der Waals surface area contributed by atoms with Gasteiger partial charge in [0, 0.05) is 4.43 Å². The molecule has 0 rings (SSSR count). The Labute approximate surface area is 93.3 Å². The summed E-state index contributed by atoms with van der Waals surface area (Å²) in [6.45, 7) is 5.42. The van der Waals surface area contributed by atoms with Crippen molar-refractivity contribution in [1.29, 1.82) is 0 Å². The molecule has 4 heteroatoms. The van der Waals surface area contributed by atoms with E-state index in [1.807, 2.05) is 13.8 Å². The quantitative estimate of drug-likeness (QED) is 0.312. The molecule has 0 aromatic heterocycles. The molecule has 0 aliphatic heterocycles. The van der Waals surface area contributed by atoms with Gasteiger partial charge in [0.2, 0.25) is 0 Å². The maximum Gasteiger partial charge on any atom is 0.311 e. The normalized spacial score (nSPS) is 12.5. The zero-order valence-electron chi connectivity index (χ0n) is 8.22. The highest BCUT2D eigenvalue weighted by Gasteiger charge is 2.17. The smallest absolute Gasteiger partial charge is 0.311 e. The van der Waals surface area contributed by atoms with Crippen LogP contribution in [0.5, 0.6) is 0 Å². The second-order valence-corrected chi connectivity index (χ2v) is 3.70. The Balaban J connectivity index is 3.67. The molecule has 13 heavy (non-hydrogen) atoms. The lowest BCUT2D eigenvalue weighted by Crippen LogP contribution is -2.22. The average molecular weight is 300 g/mol. The van der Waals surface area contributed by atoms with Crippen molar-refractivity contribution in [3.8, 4) is 0 Å². The van der Waals surface area contributed by atoms with Crippen LogP contribution in [0.15, 0.2) is 0 Å². The topological polar surface area (TPSA) is 35.5 Å². The molecule has 0 saturated heterocycles. The Hall–Kier alpha value is 0.160. The van der Waals surface area contributed by atoms with Crippen molar-refractivity contribution in [2.24, 2.45) is 5.92 Å². The van der Waals surface area contributed by atoms with E-state index < -0.39 is 0 Å². The number of halogens is 1. The molecule has 0 spiro atoms. The second kappa shape index (κ2) is 8.74. The highest BCUT2D eigenvalue weighted by molar-refractivity contribution is 14.1. The maximum absolute atomic E-state index is 11.3. The molecular weight excluding hydrogens is 283 g/mol. The lowest BCUT2D eigenvalue weighted by atomic mass is 10.1. The first-order chi connectivity index (χ1) is 6.26. The minimum absolute atomic E-state index is 0.0945. The molecule has 0 aliphatic carbocycles. The van der Waals surface area contributed by atoms with Crippen LogP contribution in [-0.2, 0) is 14.3 Å². The molecule has 78 valence electrons. The number of esters is 1. The van der Waals surface area contributed by atoms with Crippen LogP contribution in [0.2, 0.25) is 0 Å². The van der Waals surface area contributed by atoms with Crippen LogP contribution in [-0.4, -0.2) is 30.2 Å². The Morgan fingerprint density at radius 1 is 1.46 bits per heavy atom. The molecule has 0 amide bonds. The molecule has 0 aromatic rings. The highest BCUT2D eigenvalue weighted by atomic mass is 127. The van der Waals surface area contributed by atoms with Gasteiger partial charge in [-0.3, -0.25) is 4.79 Å². The molecule has 0 heterocycles. The van der Waals surface area contributed by atoms with Crippen molar-refractivity contribution in [1.82, 2.24) is 0 Å². The summed E-state index contributed by atoms with van der Waals surface area (Å²) >= 11 is 2.24. The van der Waals surface area contributed by atoms with Crippen molar-refractivity contribution in [3.63, 3.8) is 0 Å². The summed E-state index contributed by atoms with van der Waals surface area (Å²) in [7, 11) is 0. The lowest BCUT2D eigenvalue weighted by molar-refractivity contribution is -0.150. The van der Waals surface area contributed by atoms with Gasteiger partial charge in [0.25, 0.3) is 0 Å². The number of hydrogen-bond donors (Lipinski definition) is 0. The molecule has 0 saturated carbocycles. The van der Waals surface area contributed by atoms with Crippen LogP contribution in [0.25, 0.3) is 0 Å². The Morgan fingerprint density at radius 2 is 2.15 bits per heavy atom. The number of rotatable bonds is 7. The van der Waals surface area contributed by atoms with Crippen LogP contribution in [0.4, 0.5) is 0 Å². The van der Waals surface area contributed by atoms with Gasteiger partial charge in [-0.2, -0.15) is 0 Å². The van der Waals surface area contributed by atoms with Crippen molar-refractivity contribution in [2.45, 2.75) is 20.3 Å². The van der Waals surface area contributed by atoms with Gasteiger partial charge in [-0.05, 0) is 13.3 Å². The van der Waals surface area contributed by atoms with E-state index in [-0.39, 0.29) is 11.9 Å². The summed E-state index contributed by atoms with van der Waals surface area (Å²) in [5.74, 6) is -0.235. The minimum Gasteiger partial charge on any atom is -0.466 e. The summed E-state index contributed by atoms with van der Waals surface area (Å²) in [5.41, 5.74) is 0. The van der Waals surface area contributed by atoms with Gasteiger partial charge < -0.3 is 9.47 Å². The van der Waals surface area contributed by atoms with Crippen molar-refractivity contribution in [3.05, 3.63) is 0 Å². The molecule has 1 unspecified atom stereocenters. The van der Waals surface area contributed by atoms with E-state index in [4.69, 9.17) is 9.47 Å². The molecule has 0 radical (unpaired) electrons. The predicted molar refractivity (Wildman–Crippen MR) is 60.1 cm³/mol. The molecular formula is C9H17IO3. The van der Waals surface area contributed by atoms with Crippen molar-refractivity contribution in [2.75, 3.05) is 24.2 Å². The molecule has 0 aliphatic rings. The minimum atomic E-state index is -0.140. The average Bonchev–Trinajstić information content (AvgIpc) is 2.13. The fraction of sp³-hybridized carbons (Fsp3) is 0.889. The van der Waals surface area contributed by atoms with Crippen molar-refractivity contribution < 1.29 is 14.3 Å². The fourth-order valence-electron chi connectivity index (χ4n) is 0.893. The molecule has 0 fully saturated rings. The molecule has 3 nitrogen and oxygen atoms in total. The standard InChI is InChI=1S/C9H17IO3/c1-3-8(7-12-6-5-10)9(11)13-4-2/h8H,3-7H2,1-2H3. The summed E-state index contributed by atoms with van der Waals surface area (Å²) in [5, 5.41) is 0. The summed E-state index contributed by atoms with van der Waals surface area (Å²) in [4.78, 5) is 11.3. The van der Waals surface area contributed by atoms with Gasteiger partial charge in [-0.1, -0.05) is 29.5 Å². The number of ether oxygens (including phenoxy) is 2. The maximum atomic E-state index is 11.3. The number of carbonyl (C=O) groups is 1. The van der Waals surface area contributed by atoms with E-state index in [1.54, 1.807) is 0 Å². The van der Waals surface area contributed by atoms with E-state index >= 15 is 0 Å². The SMILES string of the molecule is CCOC(=O)C(CC)COCCI. The Morgan fingerprint density at radius 3 is 2.62 bits per heavy atom. The zero-order chi connectivity index (χ0) is 10.1. The van der Waals surface area contributed by atoms with Crippen LogP contribution in [0, 0.1) is 5.92 Å². The lowest BCUT2D eigenvalue weighted by Gasteiger charge is -2.12. The van der Waals surface area contributed by atoms with Gasteiger partial charge in [0.15, 0.2) is 0 Å². The van der Waals surface area contributed by atoms with Crippen LogP contribution < -0.4 is 0 Å². The van der Waals surface area contributed by atoms with Gasteiger partial charge in [-0.25, -0.2) is 0 Å². The largest absolute Gasteiger partial charge is 0.466 e. The summed E-state index contributed by atoms with van der Waals surface area (Å²) < 4.78 is 11.2. The zero-order valence-corrected chi connectivity index (χ0v) is 10.4. The van der Waals surface area contributed by atoms with Gasteiger partial charge >= 0.3 is 5.97 Å². The molecule has 0 bridgehead atoms. The number of hydrogen-bond acceptors (Lipinski definition) is 3. The molecule has 1 atom stereocenters. The third-order valence-corrected chi connectivity index (χ3v) is 2.09. The van der Waals surface area contributed by atoms with E-state index in [0.717, 1.165) is 10.8 Å². The molecule has 0 N–H and O–H groups in total. The van der Waals surface area contributed by atoms with E-state index in [9.17, 15) is 4.79 Å². The van der Waals surface area contributed by atoms with E-state index in [1.165, 1.54) is 0 Å². The predicted octanol–water partition coefficient (Wildman–Crippen LogP) is 2.03. The molecule has 0 aromatic carbocycles. The third-order valence-electron chi connectivity index (χ3n) is 1.65. The van der Waals surface area contributed by atoms with Gasteiger partial charge in [0.05, 0.1) is 25.7 Å². The fourth-order valence-corrected chi connectivity index (χ4v) is 1.20. The third kappa shape index (κ3) is 6.26. The highest BCUT2D eigenvalue weighted by Crippen LogP contribution is 2.06. The first kappa shape index (κ1) is 13.2. The van der Waals surface area contributed by atoms with Crippen LogP contribution in [0.3, 0.4) is 0 Å². The Bertz CT molecular complexity index is 139. The van der Waals surface area contributed by atoms with Gasteiger partial charge in [0.1, 0.15) is 0 Å². The van der Waals surface area contributed by atoms with E-state index in [2.05, 4.69) is 22.6 Å². The van der Waals surface area contributed by atoms with Crippen LogP contribution in [0.1, 0.15) is 20.3 Å². The Kier molecular flexibility index (Phi) is 8.85. The monoisotopic (exact) mass is 300 g/mol. The van der Waals surface area contributed by atoms with E-state index in [0.29, 0.717) is 19.8 Å². The summed E-state index contributed by atoms with van der Waals surface area (Å²) in [6.07, 6.45) is 0.778. The first-order valence-electron chi connectivity index (χ1n) is 4.56. The second-order valence-electron chi connectivity index (χ2n) is 2.62. The van der Waals surface area contributed by atoms with Crippen LogP contribution >= 0.6 is 22.6 Å².